The predicted octanol–water partition coefficient (Wildman–Crippen LogP) is 13.9. The fourth-order valence-electron chi connectivity index (χ4n) is 8.94. The first-order valence-electron chi connectivity index (χ1n) is 20.3. The summed E-state index contributed by atoms with van der Waals surface area (Å²) < 4.78 is 4.60. The highest BCUT2D eigenvalue weighted by Crippen LogP contribution is 2.40. The van der Waals surface area contributed by atoms with E-state index < -0.39 is 0 Å². The third-order valence-electron chi connectivity index (χ3n) is 11.8. The average Bonchev–Trinajstić information content (AvgIpc) is 3.85. The Morgan fingerprint density at radius 1 is 0.283 bits per heavy atom. The minimum absolute atomic E-state index is 0.564. The summed E-state index contributed by atoms with van der Waals surface area (Å²) in [7, 11) is 0. The predicted molar refractivity (Wildman–Crippen MR) is 248 cm³/mol. The molecule has 12 aromatic rings. The van der Waals surface area contributed by atoms with E-state index in [0.29, 0.717) is 17.6 Å². The molecule has 12 rings (SSSR count). The molecule has 0 unspecified atom stereocenters. The molecule has 0 amide bonds. The fourth-order valence-corrected chi connectivity index (χ4v) is 8.94. The molecule has 0 aliphatic carbocycles. The van der Waals surface area contributed by atoms with E-state index in [1.807, 2.05) is 24.3 Å². The topological polar surface area (TPSA) is 48.5 Å². The van der Waals surface area contributed by atoms with Gasteiger partial charge in [0.1, 0.15) is 0 Å². The molecule has 5 heteroatoms. The Morgan fingerprint density at radius 3 is 1.38 bits per heavy atom. The average molecular weight is 766 g/mol. The molecule has 0 saturated heterocycles. The van der Waals surface area contributed by atoms with E-state index in [9.17, 15) is 0 Å². The van der Waals surface area contributed by atoms with Crippen molar-refractivity contribution in [2.45, 2.75) is 0 Å². The Hall–Kier alpha value is -8.15. The number of fused-ring (bicyclic) bond motifs is 8. The van der Waals surface area contributed by atoms with Gasteiger partial charge in [-0.05, 0) is 63.4 Å². The van der Waals surface area contributed by atoms with Gasteiger partial charge in [0.15, 0.2) is 11.6 Å². The van der Waals surface area contributed by atoms with Gasteiger partial charge in [-0.1, -0.05) is 182 Å². The summed E-state index contributed by atoms with van der Waals surface area (Å²) in [5.74, 6) is 1.79. The number of para-hydroxylation sites is 2. The van der Waals surface area contributed by atoms with E-state index in [1.54, 1.807) is 0 Å². The van der Waals surface area contributed by atoms with Crippen LogP contribution in [0.3, 0.4) is 0 Å². The Bertz CT molecular complexity index is 3510. The quantitative estimate of drug-likeness (QED) is 0.169. The molecule has 5 nitrogen and oxygen atoms in total. The normalized spacial score (nSPS) is 11.7. The molecule has 0 fully saturated rings. The Morgan fingerprint density at radius 2 is 0.767 bits per heavy atom. The van der Waals surface area contributed by atoms with Crippen molar-refractivity contribution in [1.82, 2.24) is 24.1 Å². The van der Waals surface area contributed by atoms with Crippen molar-refractivity contribution < 1.29 is 0 Å². The lowest BCUT2D eigenvalue weighted by Crippen LogP contribution is -2.06. The van der Waals surface area contributed by atoms with Crippen LogP contribution in [0.1, 0.15) is 0 Å². The first-order chi connectivity index (χ1) is 29.7. The summed E-state index contributed by atoms with van der Waals surface area (Å²) >= 11 is 0. The fraction of sp³-hybridized carbons (Fsp3) is 0. The van der Waals surface area contributed by atoms with Gasteiger partial charge in [0.05, 0.1) is 22.1 Å². The van der Waals surface area contributed by atoms with Gasteiger partial charge in [-0.3, -0.25) is 4.57 Å². The second-order valence-corrected chi connectivity index (χ2v) is 15.3. The van der Waals surface area contributed by atoms with E-state index in [-0.39, 0.29) is 0 Å². The molecular weight excluding hydrogens is 731 g/mol. The first kappa shape index (κ1) is 33.9. The SMILES string of the molecule is c1ccc(-c2ccc(-c3ccc(-c4nc(-c5ccccc5)nc(-n5c6cc(-n7c8ccccc8c8ccccc87)ccc6c6c7ccccc7ccc65)n4)cc3)cc2)cc1. The van der Waals surface area contributed by atoms with Crippen molar-refractivity contribution in [2.24, 2.45) is 0 Å². The molecule has 0 aliphatic heterocycles. The summed E-state index contributed by atoms with van der Waals surface area (Å²) in [5.41, 5.74) is 12.0. The maximum absolute atomic E-state index is 5.33. The zero-order valence-corrected chi connectivity index (χ0v) is 32.4. The van der Waals surface area contributed by atoms with Crippen LogP contribution in [0, 0.1) is 0 Å². The Balaban J connectivity index is 1.06. The summed E-state index contributed by atoms with van der Waals surface area (Å²) in [5, 5.41) is 7.13. The number of hydrogen-bond donors (Lipinski definition) is 0. The largest absolute Gasteiger partial charge is 0.309 e. The van der Waals surface area contributed by atoms with Crippen LogP contribution in [0.5, 0.6) is 0 Å². The van der Waals surface area contributed by atoms with E-state index in [2.05, 4.69) is 197 Å². The maximum atomic E-state index is 5.33. The van der Waals surface area contributed by atoms with Crippen LogP contribution in [0.15, 0.2) is 212 Å². The summed E-state index contributed by atoms with van der Waals surface area (Å²) in [6, 6.07) is 75.1. The smallest absolute Gasteiger partial charge is 0.238 e. The van der Waals surface area contributed by atoms with Crippen molar-refractivity contribution in [1.29, 1.82) is 0 Å². The van der Waals surface area contributed by atoms with Crippen LogP contribution in [0.2, 0.25) is 0 Å². The molecule has 0 bridgehead atoms. The Kier molecular flexibility index (Phi) is 7.78. The molecule has 60 heavy (non-hydrogen) atoms. The van der Waals surface area contributed by atoms with Gasteiger partial charge in [0.2, 0.25) is 5.95 Å². The molecule has 0 aliphatic rings. The molecule has 280 valence electrons. The number of nitrogens with zero attached hydrogens (tertiary/aromatic N) is 5. The van der Waals surface area contributed by atoms with Gasteiger partial charge in [-0.2, -0.15) is 9.97 Å². The number of rotatable bonds is 6. The van der Waals surface area contributed by atoms with Crippen LogP contribution in [-0.2, 0) is 0 Å². The van der Waals surface area contributed by atoms with Crippen molar-refractivity contribution in [2.75, 3.05) is 0 Å². The lowest BCUT2D eigenvalue weighted by atomic mass is 9.99. The van der Waals surface area contributed by atoms with Gasteiger partial charge in [0.25, 0.3) is 0 Å². The van der Waals surface area contributed by atoms with Gasteiger partial charge in [0, 0.05) is 38.4 Å². The highest BCUT2D eigenvalue weighted by Gasteiger charge is 2.21. The van der Waals surface area contributed by atoms with E-state index in [0.717, 1.165) is 55.4 Å². The van der Waals surface area contributed by atoms with Gasteiger partial charge in [-0.15, -0.1) is 0 Å². The summed E-state index contributed by atoms with van der Waals surface area (Å²) in [6.07, 6.45) is 0. The molecule has 0 atom stereocenters. The van der Waals surface area contributed by atoms with Crippen LogP contribution >= 0.6 is 0 Å². The summed E-state index contributed by atoms with van der Waals surface area (Å²) in [4.78, 5) is 15.7. The number of aromatic nitrogens is 5. The second kappa shape index (κ2) is 13.8. The van der Waals surface area contributed by atoms with E-state index in [4.69, 9.17) is 15.0 Å². The molecular formula is C55H35N5. The molecule has 0 saturated carbocycles. The standard InChI is InChI=1S/C55H35N5/c1-3-13-36(14-4-1)37-23-25-38(26-24-37)39-27-29-42(30-28-39)54-56-53(41-16-5-2-6-17-41)57-55(58-54)60-50-34-31-40-15-7-8-18-44(40)52(50)47-33-32-43(35-51(47)60)59-48-21-11-9-19-45(48)46-20-10-12-22-49(46)59/h1-35H. The van der Waals surface area contributed by atoms with Gasteiger partial charge < -0.3 is 4.57 Å². The molecule has 3 heterocycles. The third-order valence-corrected chi connectivity index (χ3v) is 11.8. The molecule has 9 aromatic carbocycles. The van der Waals surface area contributed by atoms with Gasteiger partial charge >= 0.3 is 0 Å². The van der Waals surface area contributed by atoms with Crippen LogP contribution in [0.25, 0.3) is 111 Å². The van der Waals surface area contributed by atoms with E-state index in [1.165, 1.54) is 38.1 Å². The summed E-state index contributed by atoms with van der Waals surface area (Å²) in [6.45, 7) is 0. The van der Waals surface area contributed by atoms with Crippen LogP contribution in [0.4, 0.5) is 0 Å². The zero-order valence-electron chi connectivity index (χ0n) is 32.4. The van der Waals surface area contributed by atoms with Gasteiger partial charge in [-0.25, -0.2) is 4.98 Å². The van der Waals surface area contributed by atoms with Crippen molar-refractivity contribution in [3.63, 3.8) is 0 Å². The first-order valence-corrected chi connectivity index (χ1v) is 20.3. The monoisotopic (exact) mass is 765 g/mol. The highest BCUT2D eigenvalue weighted by molar-refractivity contribution is 6.21. The lowest BCUT2D eigenvalue weighted by Gasteiger charge is -2.12. The minimum atomic E-state index is 0.564. The van der Waals surface area contributed by atoms with Crippen molar-refractivity contribution >= 4 is 54.4 Å². The molecule has 0 radical (unpaired) electrons. The lowest BCUT2D eigenvalue weighted by molar-refractivity contribution is 0.953. The zero-order chi connectivity index (χ0) is 39.6. The maximum Gasteiger partial charge on any atom is 0.238 e. The third kappa shape index (κ3) is 5.52. The minimum Gasteiger partial charge on any atom is -0.309 e. The van der Waals surface area contributed by atoms with E-state index >= 15 is 0 Å². The number of benzene rings is 9. The highest BCUT2D eigenvalue weighted by atomic mass is 15.2. The van der Waals surface area contributed by atoms with Crippen molar-refractivity contribution in [3.05, 3.63) is 212 Å². The van der Waals surface area contributed by atoms with Crippen molar-refractivity contribution in [3.8, 4) is 56.7 Å². The Labute approximate surface area is 346 Å². The van der Waals surface area contributed by atoms with Crippen LogP contribution in [-0.4, -0.2) is 24.1 Å². The number of hydrogen-bond acceptors (Lipinski definition) is 3. The molecule has 3 aromatic heterocycles. The van der Waals surface area contributed by atoms with Crippen LogP contribution < -0.4 is 0 Å². The second-order valence-electron chi connectivity index (χ2n) is 15.3. The molecule has 0 spiro atoms. The molecule has 0 N–H and O–H groups in total.